The number of likely N-dealkylation sites (N-methyl/N-ethyl adjacent to an activating group) is 1. The van der Waals surface area contributed by atoms with Crippen LogP contribution in [-0.4, -0.2) is 99.6 Å². The average molecular weight is 772 g/mol. The largest absolute Gasteiger partial charge is 0.508 e. The van der Waals surface area contributed by atoms with Crippen LogP contribution in [0.3, 0.4) is 0 Å². The number of nitrogens with zero attached hydrogens (tertiary/aromatic N) is 3. The lowest BCUT2D eigenvalue weighted by molar-refractivity contribution is -0.143. The van der Waals surface area contributed by atoms with Gasteiger partial charge in [-0.15, -0.1) is 11.3 Å². The minimum atomic E-state index is -0.947. The van der Waals surface area contributed by atoms with Gasteiger partial charge in [0, 0.05) is 37.0 Å². The van der Waals surface area contributed by atoms with Crippen molar-refractivity contribution >= 4 is 35.0 Å². The summed E-state index contributed by atoms with van der Waals surface area (Å²) in [5, 5.41) is 27.8. The molecule has 2 heterocycles. The number of carboxylic acids is 1. The van der Waals surface area contributed by atoms with E-state index in [0.29, 0.717) is 31.0 Å². The van der Waals surface area contributed by atoms with Crippen LogP contribution in [-0.2, 0) is 25.5 Å². The summed E-state index contributed by atoms with van der Waals surface area (Å²) in [4.78, 5) is 62.3. The van der Waals surface area contributed by atoms with E-state index >= 15 is 0 Å². The topological polar surface area (TPSA) is 161 Å². The van der Waals surface area contributed by atoms with Gasteiger partial charge in [-0.05, 0) is 81.6 Å². The quantitative estimate of drug-likeness (QED) is 0.106. The van der Waals surface area contributed by atoms with Gasteiger partial charge in [-0.2, -0.15) is 0 Å². The Morgan fingerprint density at radius 2 is 1.72 bits per heavy atom. The van der Waals surface area contributed by atoms with Crippen molar-refractivity contribution in [1.82, 2.24) is 25.4 Å². The number of piperidine rings is 1. The first-order chi connectivity index (χ1) is 25.7. The minimum absolute atomic E-state index is 0.0607. The van der Waals surface area contributed by atoms with Gasteiger partial charge in [0.2, 0.25) is 11.8 Å². The smallest absolute Gasteiger partial charge is 0.306 e. The molecule has 1 saturated heterocycles. The summed E-state index contributed by atoms with van der Waals surface area (Å²) in [5.74, 6) is -2.09. The number of likely N-dealkylation sites (tertiary alicyclic amines) is 1. The van der Waals surface area contributed by atoms with Gasteiger partial charge in [0.15, 0.2) is 0 Å². The summed E-state index contributed by atoms with van der Waals surface area (Å²) in [7, 11) is 1.97. The number of benzene rings is 1. The highest BCUT2D eigenvalue weighted by Gasteiger charge is 2.38. The molecule has 0 bridgehead atoms. The van der Waals surface area contributed by atoms with Crippen LogP contribution < -0.4 is 10.6 Å². The Morgan fingerprint density at radius 3 is 2.31 bits per heavy atom. The minimum Gasteiger partial charge on any atom is -0.508 e. The second kappa shape index (κ2) is 22.1. The van der Waals surface area contributed by atoms with E-state index in [4.69, 9.17) is 9.72 Å². The summed E-state index contributed by atoms with van der Waals surface area (Å²) in [6.45, 7) is 15.8. The molecule has 1 aliphatic heterocycles. The zero-order chi connectivity index (χ0) is 39.9. The van der Waals surface area contributed by atoms with Crippen molar-refractivity contribution in [1.29, 1.82) is 0 Å². The van der Waals surface area contributed by atoms with E-state index in [2.05, 4.69) is 36.3 Å². The van der Waals surface area contributed by atoms with Crippen LogP contribution >= 0.6 is 11.3 Å². The molecule has 7 atom stereocenters. The molecular formula is C41H65N5O7S. The maximum Gasteiger partial charge on any atom is 0.306 e. The van der Waals surface area contributed by atoms with Crippen molar-refractivity contribution in [3.63, 3.8) is 0 Å². The lowest BCUT2D eigenvalue weighted by Gasteiger charge is -2.40. The van der Waals surface area contributed by atoms with Gasteiger partial charge in [-0.3, -0.25) is 24.1 Å². The third-order valence-electron chi connectivity index (χ3n) is 10.6. The number of hydrogen-bond donors (Lipinski definition) is 4. The molecule has 1 unspecified atom stereocenters. The number of aromatic hydroxyl groups is 1. The van der Waals surface area contributed by atoms with Crippen LogP contribution in [0.2, 0.25) is 0 Å². The van der Waals surface area contributed by atoms with Gasteiger partial charge in [0.25, 0.3) is 5.91 Å². The van der Waals surface area contributed by atoms with Gasteiger partial charge in [-0.1, -0.05) is 73.4 Å². The number of carboxylic acid groups (broad SMARTS) is 1. The fraction of sp³-hybridized carbons (Fsp3) is 0.683. The number of thiazole rings is 1. The Bertz CT molecular complexity index is 1480. The first kappa shape index (κ1) is 44.8. The van der Waals surface area contributed by atoms with Crippen LogP contribution in [0, 0.1) is 17.8 Å². The molecule has 1 aromatic heterocycles. The highest BCUT2D eigenvalue weighted by atomic mass is 32.1. The van der Waals surface area contributed by atoms with E-state index in [0.717, 1.165) is 50.6 Å². The molecule has 1 fully saturated rings. The van der Waals surface area contributed by atoms with E-state index in [9.17, 15) is 29.4 Å². The fourth-order valence-electron chi connectivity index (χ4n) is 7.11. The molecule has 54 heavy (non-hydrogen) atoms. The molecule has 2 aromatic rings. The summed E-state index contributed by atoms with van der Waals surface area (Å²) >= 11 is 1.33. The van der Waals surface area contributed by atoms with Gasteiger partial charge >= 0.3 is 5.97 Å². The fourth-order valence-corrected chi connectivity index (χ4v) is 7.97. The van der Waals surface area contributed by atoms with Crippen LogP contribution in [0.15, 0.2) is 29.6 Å². The number of hydrogen-bond acceptors (Lipinski definition) is 9. The molecule has 12 nitrogen and oxygen atoms in total. The molecular weight excluding hydrogens is 707 g/mol. The highest BCUT2D eigenvalue weighted by Crippen LogP contribution is 2.32. The summed E-state index contributed by atoms with van der Waals surface area (Å²) in [5.41, 5.74) is 1.07. The number of phenolic OH excluding ortho intramolecular Hbond substituents is 1. The third kappa shape index (κ3) is 13.0. The number of nitrogens with one attached hydrogen (secondary N) is 2. The highest BCUT2D eigenvalue weighted by molar-refractivity contribution is 7.09. The molecule has 0 aliphatic carbocycles. The van der Waals surface area contributed by atoms with E-state index in [1.165, 1.54) is 11.3 Å². The molecule has 3 rings (SSSR count). The lowest BCUT2D eigenvalue weighted by Crippen LogP contribution is -2.58. The molecule has 0 spiro atoms. The second-order valence-electron chi connectivity index (χ2n) is 15.4. The Kier molecular flexibility index (Phi) is 18.4. The number of carbonyl (C=O) groups excluding carboxylic acids is 3. The standard InChI is InChI=1S/C41H65N5O7S/c1-9-19-46(40(50)36(27(6)11-3)44-38(49)33-14-12-13-20-45(33)8)34(26(4)5)24-35(53-21-10-2)39-43-32(25-54-39)37(48)42-30(22-28(7)41(51)52)23-29-15-17-31(47)18-16-29/h15-18,25-28,30,33-36,47H,9-14,19-24H2,1-8H3,(H,42,48)(H,44,49)(H,51,52)/t27-,28-,30?,33+,34+,35+,36-/m0/s1. The number of aromatic nitrogens is 1. The summed E-state index contributed by atoms with van der Waals surface area (Å²) in [6.07, 6.45) is 5.67. The maximum atomic E-state index is 14.6. The Balaban J connectivity index is 1.86. The van der Waals surface area contributed by atoms with Crippen LogP contribution in [0.5, 0.6) is 5.75 Å². The van der Waals surface area contributed by atoms with Gasteiger partial charge < -0.3 is 30.5 Å². The monoisotopic (exact) mass is 771 g/mol. The zero-order valence-electron chi connectivity index (χ0n) is 33.7. The van der Waals surface area contributed by atoms with Crippen molar-refractivity contribution in [3.8, 4) is 5.75 Å². The van der Waals surface area contributed by atoms with E-state index in [-0.39, 0.29) is 53.6 Å². The van der Waals surface area contributed by atoms with Crippen LogP contribution in [0.4, 0.5) is 0 Å². The third-order valence-corrected chi connectivity index (χ3v) is 11.5. The van der Waals surface area contributed by atoms with Crippen molar-refractivity contribution in [3.05, 3.63) is 45.9 Å². The first-order valence-electron chi connectivity index (χ1n) is 19.9. The Morgan fingerprint density at radius 1 is 1.02 bits per heavy atom. The average Bonchev–Trinajstić information content (AvgIpc) is 3.64. The number of phenols is 1. The lowest BCUT2D eigenvalue weighted by atomic mass is 9.92. The number of carbonyl (C=O) groups is 4. The van der Waals surface area contributed by atoms with Crippen LogP contribution in [0.25, 0.3) is 0 Å². The number of rotatable bonds is 22. The van der Waals surface area contributed by atoms with Gasteiger partial charge in [0.1, 0.15) is 28.6 Å². The Hall–Kier alpha value is -3.55. The first-order valence-corrected chi connectivity index (χ1v) is 20.8. The van der Waals surface area contributed by atoms with Gasteiger partial charge in [0.05, 0.1) is 12.0 Å². The molecule has 0 radical (unpaired) electrons. The molecule has 302 valence electrons. The number of amides is 3. The molecule has 1 aliphatic rings. The van der Waals surface area contributed by atoms with E-state index in [1.54, 1.807) is 36.6 Å². The van der Waals surface area contributed by atoms with Crippen molar-refractivity contribution < 1.29 is 34.1 Å². The molecule has 13 heteroatoms. The SMILES string of the molecule is CCCO[C@H](C[C@H](C(C)C)N(CCC)C(=O)[C@@H](NC(=O)[C@H]1CCCCN1C)[C@@H](C)CC)c1nc(C(=O)NC(Cc2ccc(O)cc2)C[C@H](C)C(=O)O)cs1. The summed E-state index contributed by atoms with van der Waals surface area (Å²) in [6, 6.07) is 5.02. The van der Waals surface area contributed by atoms with Crippen LogP contribution in [0.1, 0.15) is 127 Å². The number of ether oxygens (including phenoxy) is 1. The molecule has 4 N–H and O–H groups in total. The van der Waals surface area contributed by atoms with Crippen molar-refractivity contribution in [2.75, 3.05) is 26.7 Å². The zero-order valence-corrected chi connectivity index (χ0v) is 34.5. The number of aliphatic carboxylic acids is 1. The van der Waals surface area contributed by atoms with E-state index in [1.807, 2.05) is 32.7 Å². The normalized spacial score (nSPS) is 18.3. The predicted molar refractivity (Wildman–Crippen MR) is 212 cm³/mol. The van der Waals surface area contributed by atoms with E-state index < -0.39 is 36.0 Å². The predicted octanol–water partition coefficient (Wildman–Crippen LogP) is 6.44. The molecule has 3 amide bonds. The Labute approximate surface area is 326 Å². The maximum absolute atomic E-state index is 14.6. The van der Waals surface area contributed by atoms with Crippen molar-refractivity contribution in [2.45, 2.75) is 137 Å². The van der Waals surface area contributed by atoms with Gasteiger partial charge in [-0.25, -0.2) is 4.98 Å². The molecule has 0 saturated carbocycles. The summed E-state index contributed by atoms with van der Waals surface area (Å²) < 4.78 is 6.41. The second-order valence-corrected chi connectivity index (χ2v) is 16.3. The molecule has 1 aromatic carbocycles. The van der Waals surface area contributed by atoms with Crippen molar-refractivity contribution in [2.24, 2.45) is 17.8 Å².